The van der Waals surface area contributed by atoms with Crippen LogP contribution in [0.5, 0.6) is 5.75 Å². The Labute approximate surface area is 191 Å². The smallest absolute Gasteiger partial charge is 0.229 e. The number of amides is 2. The molecule has 2 aliphatic rings. The SMILES string of the molecule is CC(C)(O)COc1cc(C2(N[S+]([O-])CCCCCC3CCC(=O)NC3=O)CC2)ccc1F. The average Bonchev–Trinajstić information content (AvgIpc) is 3.48. The number of imide groups is 1. The third-order valence-electron chi connectivity index (χ3n) is 5.86. The average molecular weight is 469 g/mol. The van der Waals surface area contributed by atoms with Crippen molar-refractivity contribution in [1.29, 1.82) is 0 Å². The van der Waals surface area contributed by atoms with Crippen molar-refractivity contribution in [1.82, 2.24) is 10.0 Å². The van der Waals surface area contributed by atoms with Gasteiger partial charge in [0.2, 0.25) is 11.8 Å². The number of unbranched alkanes of at least 4 members (excludes halogenated alkanes) is 2. The van der Waals surface area contributed by atoms with E-state index in [1.54, 1.807) is 26.0 Å². The molecule has 1 heterocycles. The second-order valence-corrected chi connectivity index (χ2v) is 10.8. The summed E-state index contributed by atoms with van der Waals surface area (Å²) in [5.41, 5.74) is -0.675. The zero-order valence-electron chi connectivity index (χ0n) is 18.7. The van der Waals surface area contributed by atoms with Gasteiger partial charge in [0.1, 0.15) is 12.4 Å². The van der Waals surface area contributed by atoms with E-state index < -0.39 is 28.3 Å². The van der Waals surface area contributed by atoms with Crippen LogP contribution in [-0.4, -0.2) is 39.4 Å². The molecule has 2 atom stereocenters. The lowest BCUT2D eigenvalue weighted by Crippen LogP contribution is -2.40. The highest BCUT2D eigenvalue weighted by atomic mass is 32.2. The summed E-state index contributed by atoms with van der Waals surface area (Å²) in [6.07, 6.45) is 5.87. The van der Waals surface area contributed by atoms with Crippen molar-refractivity contribution in [3.63, 3.8) is 0 Å². The molecule has 1 saturated carbocycles. The van der Waals surface area contributed by atoms with E-state index in [-0.39, 0.29) is 30.1 Å². The van der Waals surface area contributed by atoms with Crippen LogP contribution < -0.4 is 14.8 Å². The van der Waals surface area contributed by atoms with Gasteiger partial charge in [0.15, 0.2) is 11.6 Å². The highest BCUT2D eigenvalue weighted by Crippen LogP contribution is 2.47. The second-order valence-electron chi connectivity index (χ2n) is 9.48. The maximum atomic E-state index is 14.1. The fourth-order valence-corrected chi connectivity index (χ4v) is 5.15. The molecule has 32 heavy (non-hydrogen) atoms. The Bertz CT molecular complexity index is 825. The largest absolute Gasteiger partial charge is 0.598 e. The van der Waals surface area contributed by atoms with Crippen LogP contribution in [0.25, 0.3) is 0 Å². The van der Waals surface area contributed by atoms with Crippen LogP contribution in [0.3, 0.4) is 0 Å². The van der Waals surface area contributed by atoms with Crippen LogP contribution in [0.1, 0.15) is 70.8 Å². The van der Waals surface area contributed by atoms with Gasteiger partial charge in [-0.3, -0.25) is 14.9 Å². The molecule has 0 bridgehead atoms. The van der Waals surface area contributed by atoms with E-state index in [1.807, 2.05) is 0 Å². The molecule has 2 unspecified atom stereocenters. The molecule has 0 spiro atoms. The fourth-order valence-electron chi connectivity index (χ4n) is 3.82. The maximum absolute atomic E-state index is 14.1. The molecule has 1 aromatic carbocycles. The van der Waals surface area contributed by atoms with Crippen LogP contribution in [0.15, 0.2) is 18.2 Å². The van der Waals surface area contributed by atoms with E-state index in [0.717, 1.165) is 44.1 Å². The molecule has 1 aliphatic heterocycles. The van der Waals surface area contributed by atoms with Crippen molar-refractivity contribution in [3.8, 4) is 5.75 Å². The van der Waals surface area contributed by atoms with E-state index >= 15 is 0 Å². The van der Waals surface area contributed by atoms with Gasteiger partial charge in [-0.05, 0) is 70.1 Å². The van der Waals surface area contributed by atoms with Crippen LogP contribution in [0.4, 0.5) is 4.39 Å². The molecule has 2 amide bonds. The van der Waals surface area contributed by atoms with Crippen molar-refractivity contribution in [2.75, 3.05) is 12.4 Å². The summed E-state index contributed by atoms with van der Waals surface area (Å²) in [5.74, 6) is -0.383. The van der Waals surface area contributed by atoms with Gasteiger partial charge >= 0.3 is 0 Å². The molecular weight excluding hydrogens is 435 g/mol. The Kier molecular flexibility index (Phi) is 8.19. The molecule has 1 aliphatic carbocycles. The van der Waals surface area contributed by atoms with Gasteiger partial charge < -0.3 is 14.4 Å². The predicted molar refractivity (Wildman–Crippen MR) is 120 cm³/mol. The molecule has 3 N–H and O–H groups in total. The summed E-state index contributed by atoms with van der Waals surface area (Å²) in [4.78, 5) is 23.0. The van der Waals surface area contributed by atoms with Gasteiger partial charge in [-0.2, -0.15) is 0 Å². The zero-order chi connectivity index (χ0) is 23.4. The monoisotopic (exact) mass is 468 g/mol. The molecule has 0 radical (unpaired) electrons. The number of carbonyl (C=O) groups is 2. The molecule has 3 rings (SSSR count). The normalized spacial score (nSPS) is 21.2. The first-order chi connectivity index (χ1) is 15.1. The van der Waals surface area contributed by atoms with Gasteiger partial charge in [0, 0.05) is 23.7 Å². The molecule has 178 valence electrons. The van der Waals surface area contributed by atoms with Gasteiger partial charge in [-0.25, -0.2) is 4.39 Å². The van der Waals surface area contributed by atoms with E-state index in [1.165, 1.54) is 6.07 Å². The van der Waals surface area contributed by atoms with Gasteiger partial charge in [0.25, 0.3) is 0 Å². The van der Waals surface area contributed by atoms with E-state index in [4.69, 9.17) is 4.74 Å². The Morgan fingerprint density at radius 3 is 2.72 bits per heavy atom. The maximum Gasteiger partial charge on any atom is 0.229 e. The molecular formula is C23H33FN2O5S. The van der Waals surface area contributed by atoms with Crippen molar-refractivity contribution in [3.05, 3.63) is 29.6 Å². The number of hydrogen-bond acceptors (Lipinski definition) is 6. The van der Waals surface area contributed by atoms with Crippen LogP contribution in [0, 0.1) is 11.7 Å². The van der Waals surface area contributed by atoms with Crippen molar-refractivity contribution < 1.29 is 28.4 Å². The van der Waals surface area contributed by atoms with E-state index in [9.17, 15) is 23.6 Å². The van der Waals surface area contributed by atoms with Crippen LogP contribution >= 0.6 is 0 Å². The molecule has 0 aromatic heterocycles. The Balaban J connectivity index is 1.42. The summed E-state index contributed by atoms with van der Waals surface area (Å²) in [5, 5.41) is 12.2. The zero-order valence-corrected chi connectivity index (χ0v) is 19.6. The molecule has 1 aromatic rings. The minimum atomic E-state index is -1.23. The van der Waals surface area contributed by atoms with Crippen LogP contribution in [-0.2, 0) is 26.5 Å². The highest BCUT2D eigenvalue weighted by molar-refractivity contribution is 7.89. The Morgan fingerprint density at radius 2 is 2.06 bits per heavy atom. The Hall–Kier alpha value is -1.68. The lowest BCUT2D eigenvalue weighted by atomic mass is 9.92. The molecule has 1 saturated heterocycles. The number of ether oxygens (including phenoxy) is 1. The Morgan fingerprint density at radius 1 is 1.31 bits per heavy atom. The third kappa shape index (κ3) is 7.16. The van der Waals surface area contributed by atoms with Gasteiger partial charge in [-0.15, -0.1) is 4.72 Å². The predicted octanol–water partition coefficient (Wildman–Crippen LogP) is 2.83. The van der Waals surface area contributed by atoms with Crippen molar-refractivity contribution in [2.24, 2.45) is 5.92 Å². The summed E-state index contributed by atoms with van der Waals surface area (Å²) in [6.45, 7) is 3.15. The van der Waals surface area contributed by atoms with E-state index in [2.05, 4.69) is 10.0 Å². The first kappa shape index (κ1) is 25.0. The number of halogens is 1. The summed E-state index contributed by atoms with van der Waals surface area (Å²) in [7, 11) is 0. The van der Waals surface area contributed by atoms with Gasteiger partial charge in [0.05, 0.1) is 11.1 Å². The quantitative estimate of drug-likeness (QED) is 0.247. The first-order valence-corrected chi connectivity index (χ1v) is 12.5. The topological polar surface area (TPSA) is 111 Å². The summed E-state index contributed by atoms with van der Waals surface area (Å²) >= 11 is -1.23. The summed E-state index contributed by atoms with van der Waals surface area (Å²) < 4.78 is 35.3. The molecule has 7 nitrogen and oxygen atoms in total. The number of aliphatic hydroxyl groups is 1. The number of rotatable bonds is 12. The second kappa shape index (κ2) is 10.5. The first-order valence-electron chi connectivity index (χ1n) is 11.2. The third-order valence-corrected chi connectivity index (χ3v) is 7.14. The van der Waals surface area contributed by atoms with Crippen molar-refractivity contribution >= 4 is 23.2 Å². The lowest BCUT2D eigenvalue weighted by molar-refractivity contribution is -0.136. The summed E-state index contributed by atoms with van der Waals surface area (Å²) in [6, 6.07) is 4.65. The minimum absolute atomic E-state index is 0.0292. The van der Waals surface area contributed by atoms with Crippen molar-refractivity contribution in [2.45, 2.75) is 76.4 Å². The van der Waals surface area contributed by atoms with Crippen LogP contribution in [0.2, 0.25) is 0 Å². The van der Waals surface area contributed by atoms with E-state index in [0.29, 0.717) is 18.6 Å². The number of hydrogen-bond donors (Lipinski definition) is 3. The number of benzene rings is 1. The highest BCUT2D eigenvalue weighted by Gasteiger charge is 2.48. The number of nitrogens with one attached hydrogen (secondary N) is 2. The number of carbonyl (C=O) groups excluding carboxylic acids is 2. The lowest BCUT2D eigenvalue weighted by Gasteiger charge is -2.22. The minimum Gasteiger partial charge on any atom is -0.598 e. The number of piperidine rings is 1. The molecule has 9 heteroatoms. The molecule has 2 fully saturated rings. The fraction of sp³-hybridized carbons (Fsp3) is 0.652. The standard InChI is InChI=1S/C23H33FN2O5S/c1-22(2,29)15-31-19-14-17(8-9-18(19)24)23(11-12-23)26-32(30)13-5-3-4-6-16-7-10-20(27)25-21(16)28/h8-9,14,16,26,29H,3-7,10-13,15H2,1-2H3,(H,25,27,28). The van der Waals surface area contributed by atoms with Gasteiger partial charge in [-0.1, -0.05) is 12.5 Å².